The molecule has 0 unspecified atom stereocenters. The molecule has 0 aliphatic carbocycles. The van der Waals surface area contributed by atoms with E-state index in [9.17, 15) is 0 Å². The first-order valence-electron chi connectivity index (χ1n) is 4.18. The Bertz CT molecular complexity index is 261. The molecule has 12 heavy (non-hydrogen) atoms. The second-order valence-corrected chi connectivity index (χ2v) is 4.59. The summed E-state index contributed by atoms with van der Waals surface area (Å²) in [6.45, 7) is 8.65. The zero-order valence-corrected chi connectivity index (χ0v) is 8.87. The van der Waals surface area contributed by atoms with Gasteiger partial charge in [0.05, 0.1) is 0 Å². The molecule has 0 nitrogen and oxygen atoms in total. The number of rotatable bonds is 0. The zero-order chi connectivity index (χ0) is 9.35. The lowest BCUT2D eigenvalue weighted by Crippen LogP contribution is -2.13. The second kappa shape index (κ2) is 3.10. The van der Waals surface area contributed by atoms with E-state index in [1.807, 2.05) is 12.1 Å². The molecule has 1 aromatic rings. The molecule has 0 amide bonds. The van der Waals surface area contributed by atoms with Crippen molar-refractivity contribution in [3.8, 4) is 0 Å². The average Bonchev–Trinajstić information content (AvgIpc) is 1.82. The summed E-state index contributed by atoms with van der Waals surface area (Å²) in [4.78, 5) is 0. The van der Waals surface area contributed by atoms with E-state index in [-0.39, 0.29) is 5.41 Å². The lowest BCUT2D eigenvalue weighted by atomic mass is 9.84. The largest absolute Gasteiger partial charge is 0.0840 e. The summed E-state index contributed by atoms with van der Waals surface area (Å²) in [6.07, 6.45) is 0. The van der Waals surface area contributed by atoms with Crippen LogP contribution in [0, 0.1) is 6.92 Å². The Morgan fingerprint density at radius 1 is 1.17 bits per heavy atom. The summed E-state index contributed by atoms with van der Waals surface area (Å²) >= 11 is 6.11. The minimum absolute atomic E-state index is 0.141. The first-order valence-corrected chi connectivity index (χ1v) is 4.56. The molecule has 0 heterocycles. The van der Waals surface area contributed by atoms with Gasteiger partial charge in [-0.2, -0.15) is 0 Å². The van der Waals surface area contributed by atoms with Crippen LogP contribution in [-0.4, -0.2) is 0 Å². The van der Waals surface area contributed by atoms with Crippen molar-refractivity contribution in [2.45, 2.75) is 33.1 Å². The van der Waals surface area contributed by atoms with E-state index >= 15 is 0 Å². The third-order valence-electron chi connectivity index (χ3n) is 1.97. The van der Waals surface area contributed by atoms with Crippen LogP contribution in [0.25, 0.3) is 0 Å². The van der Waals surface area contributed by atoms with Crippen LogP contribution in [0.15, 0.2) is 18.2 Å². The van der Waals surface area contributed by atoms with Crippen LogP contribution in [0.1, 0.15) is 31.9 Å². The van der Waals surface area contributed by atoms with Crippen molar-refractivity contribution >= 4 is 11.6 Å². The summed E-state index contributed by atoms with van der Waals surface area (Å²) in [7, 11) is 0. The number of aryl methyl sites for hydroxylation is 1. The van der Waals surface area contributed by atoms with E-state index in [2.05, 4.69) is 33.8 Å². The van der Waals surface area contributed by atoms with E-state index in [0.717, 1.165) is 5.02 Å². The van der Waals surface area contributed by atoms with Gasteiger partial charge >= 0.3 is 0 Å². The molecular weight excluding hydrogens is 168 g/mol. The minimum Gasteiger partial charge on any atom is -0.0840 e. The van der Waals surface area contributed by atoms with Crippen molar-refractivity contribution in [3.63, 3.8) is 0 Å². The molecule has 0 aliphatic heterocycles. The van der Waals surface area contributed by atoms with Crippen molar-refractivity contribution in [3.05, 3.63) is 34.3 Å². The van der Waals surface area contributed by atoms with Gasteiger partial charge < -0.3 is 0 Å². The Morgan fingerprint density at radius 3 is 2.08 bits per heavy atom. The Labute approximate surface area is 79.6 Å². The maximum atomic E-state index is 6.11. The van der Waals surface area contributed by atoms with Crippen LogP contribution in [0.3, 0.4) is 0 Å². The fourth-order valence-electron chi connectivity index (χ4n) is 1.58. The molecule has 0 fully saturated rings. The summed E-state index contributed by atoms with van der Waals surface area (Å²) in [5.41, 5.74) is 2.67. The molecular formula is C11H15Cl. The van der Waals surface area contributed by atoms with Gasteiger partial charge in [0, 0.05) is 5.02 Å². The Kier molecular flexibility index (Phi) is 2.48. The van der Waals surface area contributed by atoms with Gasteiger partial charge in [-0.15, -0.1) is 0 Å². The topological polar surface area (TPSA) is 0 Å². The number of benzene rings is 1. The molecule has 0 bridgehead atoms. The normalized spacial score (nSPS) is 11.8. The smallest absolute Gasteiger partial charge is 0.0445 e. The Balaban J connectivity index is 3.31. The van der Waals surface area contributed by atoms with E-state index in [4.69, 9.17) is 11.6 Å². The van der Waals surface area contributed by atoms with E-state index in [1.165, 1.54) is 11.1 Å². The molecule has 0 saturated carbocycles. The van der Waals surface area contributed by atoms with Crippen LogP contribution in [0.4, 0.5) is 0 Å². The van der Waals surface area contributed by atoms with Gasteiger partial charge in [0.2, 0.25) is 0 Å². The Morgan fingerprint density at radius 2 is 1.75 bits per heavy atom. The van der Waals surface area contributed by atoms with Gasteiger partial charge in [-0.25, -0.2) is 0 Å². The highest BCUT2D eigenvalue weighted by Gasteiger charge is 2.18. The third kappa shape index (κ3) is 1.81. The molecule has 0 aliphatic rings. The quantitative estimate of drug-likeness (QED) is 0.570. The molecule has 0 N–H and O–H groups in total. The van der Waals surface area contributed by atoms with Crippen LogP contribution in [0.2, 0.25) is 5.02 Å². The van der Waals surface area contributed by atoms with Crippen molar-refractivity contribution in [2.75, 3.05) is 0 Å². The number of halogens is 1. The van der Waals surface area contributed by atoms with Crippen LogP contribution >= 0.6 is 11.6 Å². The van der Waals surface area contributed by atoms with Crippen molar-refractivity contribution in [1.82, 2.24) is 0 Å². The average molecular weight is 183 g/mol. The van der Waals surface area contributed by atoms with Gasteiger partial charge in [0.25, 0.3) is 0 Å². The van der Waals surface area contributed by atoms with Gasteiger partial charge in [0.1, 0.15) is 0 Å². The lowest BCUT2D eigenvalue weighted by molar-refractivity contribution is 0.586. The van der Waals surface area contributed by atoms with Crippen LogP contribution < -0.4 is 0 Å². The second-order valence-electron chi connectivity index (χ2n) is 4.18. The standard InChI is InChI=1S/C11H15Cl/c1-8-6-5-7-9(12)10(8)11(2,3)4/h5-7H,1-4H3. The molecule has 0 atom stereocenters. The molecule has 0 radical (unpaired) electrons. The monoisotopic (exact) mass is 182 g/mol. The summed E-state index contributed by atoms with van der Waals surface area (Å²) in [5, 5.41) is 0.877. The van der Waals surface area contributed by atoms with Gasteiger partial charge in [-0.1, -0.05) is 44.5 Å². The van der Waals surface area contributed by atoms with E-state index in [1.54, 1.807) is 0 Å². The number of hydrogen-bond acceptors (Lipinski definition) is 0. The maximum absolute atomic E-state index is 6.11. The van der Waals surface area contributed by atoms with Crippen molar-refractivity contribution in [1.29, 1.82) is 0 Å². The molecule has 0 saturated heterocycles. The fourth-order valence-corrected chi connectivity index (χ4v) is 2.09. The lowest BCUT2D eigenvalue weighted by Gasteiger charge is -2.22. The molecule has 0 aromatic heterocycles. The van der Waals surface area contributed by atoms with Crippen molar-refractivity contribution < 1.29 is 0 Å². The SMILES string of the molecule is Cc1cccc(Cl)c1C(C)(C)C. The summed E-state index contributed by atoms with van der Waals surface area (Å²) in [6, 6.07) is 6.05. The molecule has 1 heteroatoms. The first-order chi connectivity index (χ1) is 5.43. The van der Waals surface area contributed by atoms with Gasteiger partial charge in [-0.3, -0.25) is 0 Å². The highest BCUT2D eigenvalue weighted by atomic mass is 35.5. The number of hydrogen-bond donors (Lipinski definition) is 0. The molecule has 1 aromatic carbocycles. The highest BCUT2D eigenvalue weighted by Crippen LogP contribution is 2.31. The Hall–Kier alpha value is -0.490. The van der Waals surface area contributed by atoms with E-state index < -0.39 is 0 Å². The van der Waals surface area contributed by atoms with Crippen LogP contribution in [-0.2, 0) is 5.41 Å². The highest BCUT2D eigenvalue weighted by molar-refractivity contribution is 6.31. The van der Waals surface area contributed by atoms with Gasteiger partial charge in [-0.05, 0) is 29.5 Å². The predicted molar refractivity (Wildman–Crippen MR) is 54.9 cm³/mol. The van der Waals surface area contributed by atoms with Gasteiger partial charge in [0.15, 0.2) is 0 Å². The summed E-state index contributed by atoms with van der Waals surface area (Å²) in [5.74, 6) is 0. The summed E-state index contributed by atoms with van der Waals surface area (Å²) < 4.78 is 0. The van der Waals surface area contributed by atoms with E-state index in [0.29, 0.717) is 0 Å². The van der Waals surface area contributed by atoms with Crippen LogP contribution in [0.5, 0.6) is 0 Å². The maximum Gasteiger partial charge on any atom is 0.0445 e. The predicted octanol–water partition coefficient (Wildman–Crippen LogP) is 3.95. The molecule has 1 rings (SSSR count). The first kappa shape index (κ1) is 9.60. The third-order valence-corrected chi connectivity index (χ3v) is 2.29. The fraction of sp³-hybridized carbons (Fsp3) is 0.455. The zero-order valence-electron chi connectivity index (χ0n) is 8.11. The minimum atomic E-state index is 0.141. The van der Waals surface area contributed by atoms with Crippen molar-refractivity contribution in [2.24, 2.45) is 0 Å². The molecule has 0 spiro atoms. The molecule has 66 valence electrons.